The molecular weight excluding hydrogens is 338 g/mol. The third kappa shape index (κ3) is 3.25. The van der Waals surface area contributed by atoms with E-state index in [0.29, 0.717) is 0 Å². The molecule has 0 N–H and O–H groups in total. The second-order valence-electron chi connectivity index (χ2n) is 3.43. The zero-order valence-electron chi connectivity index (χ0n) is 8.97. The topological polar surface area (TPSA) is 43.1 Å². The first-order valence-electron chi connectivity index (χ1n) is 4.93. The average molecular weight is 345 g/mol. The number of nitrogens with zero attached hydrogens (tertiary/aromatic N) is 1. The smallest absolute Gasteiger partial charge is 0.258 e. The van der Waals surface area contributed by atoms with Gasteiger partial charge in [-0.15, -0.1) is 0 Å². The number of hydrogen-bond donors (Lipinski definition) is 0. The van der Waals surface area contributed by atoms with E-state index in [1.165, 1.54) is 17.8 Å². The Morgan fingerprint density at radius 3 is 2.33 bits per heavy atom. The quantitative estimate of drug-likeness (QED) is 0.570. The SMILES string of the molecule is O=[N+]([O-])c1cc(Sc2ccc(Br)cc2)ccc1Cl. The van der Waals surface area contributed by atoms with Crippen LogP contribution < -0.4 is 0 Å². The Hall–Kier alpha value is -1.04. The minimum absolute atomic E-state index is 0.0706. The van der Waals surface area contributed by atoms with Crippen LogP contribution in [-0.4, -0.2) is 4.92 Å². The molecule has 2 aromatic rings. The fourth-order valence-corrected chi connectivity index (χ4v) is 2.64. The van der Waals surface area contributed by atoms with E-state index in [1.807, 2.05) is 24.3 Å². The van der Waals surface area contributed by atoms with Gasteiger partial charge in [0.15, 0.2) is 0 Å². The lowest BCUT2D eigenvalue weighted by Gasteiger charge is -2.02. The maximum Gasteiger partial charge on any atom is 0.289 e. The van der Waals surface area contributed by atoms with E-state index in [0.717, 1.165) is 14.3 Å². The fourth-order valence-electron chi connectivity index (χ4n) is 1.33. The molecule has 3 nitrogen and oxygen atoms in total. The second-order valence-corrected chi connectivity index (χ2v) is 5.90. The Bertz CT molecular complexity index is 589. The number of benzene rings is 2. The lowest BCUT2D eigenvalue weighted by Crippen LogP contribution is -1.89. The van der Waals surface area contributed by atoms with Gasteiger partial charge in [-0.2, -0.15) is 0 Å². The van der Waals surface area contributed by atoms with Gasteiger partial charge in [-0.05, 0) is 36.4 Å². The zero-order chi connectivity index (χ0) is 13.1. The van der Waals surface area contributed by atoms with E-state index in [2.05, 4.69) is 15.9 Å². The van der Waals surface area contributed by atoms with E-state index in [1.54, 1.807) is 12.1 Å². The van der Waals surface area contributed by atoms with Crippen molar-refractivity contribution < 1.29 is 4.92 Å². The van der Waals surface area contributed by atoms with Gasteiger partial charge in [0.25, 0.3) is 5.69 Å². The van der Waals surface area contributed by atoms with Gasteiger partial charge >= 0.3 is 0 Å². The van der Waals surface area contributed by atoms with Gasteiger partial charge in [0.05, 0.1) is 4.92 Å². The summed E-state index contributed by atoms with van der Waals surface area (Å²) in [6.45, 7) is 0. The summed E-state index contributed by atoms with van der Waals surface area (Å²) >= 11 is 10.6. The van der Waals surface area contributed by atoms with E-state index in [9.17, 15) is 10.1 Å². The molecule has 0 aliphatic heterocycles. The van der Waals surface area contributed by atoms with Gasteiger partial charge in [0.2, 0.25) is 0 Å². The van der Waals surface area contributed by atoms with Crippen molar-refractivity contribution in [3.8, 4) is 0 Å². The van der Waals surface area contributed by atoms with E-state index in [4.69, 9.17) is 11.6 Å². The van der Waals surface area contributed by atoms with Crippen molar-refractivity contribution in [1.29, 1.82) is 0 Å². The molecular formula is C12H7BrClNO2S. The molecule has 0 unspecified atom stereocenters. The van der Waals surface area contributed by atoms with Gasteiger partial charge in [0.1, 0.15) is 5.02 Å². The lowest BCUT2D eigenvalue weighted by molar-refractivity contribution is -0.384. The highest BCUT2D eigenvalue weighted by Crippen LogP contribution is 2.34. The number of nitro groups is 1. The summed E-state index contributed by atoms with van der Waals surface area (Å²) in [6.07, 6.45) is 0. The minimum atomic E-state index is -0.478. The van der Waals surface area contributed by atoms with Crippen LogP contribution in [0.2, 0.25) is 5.02 Å². The van der Waals surface area contributed by atoms with Crippen LogP contribution in [0.15, 0.2) is 56.7 Å². The lowest BCUT2D eigenvalue weighted by atomic mass is 10.3. The number of halogens is 2. The largest absolute Gasteiger partial charge is 0.289 e. The molecule has 0 amide bonds. The Kier molecular flexibility index (Phi) is 4.27. The molecule has 6 heteroatoms. The summed E-state index contributed by atoms with van der Waals surface area (Å²) < 4.78 is 0.994. The number of rotatable bonds is 3. The third-order valence-electron chi connectivity index (χ3n) is 2.16. The van der Waals surface area contributed by atoms with Gasteiger partial charge in [0, 0.05) is 20.3 Å². The summed E-state index contributed by atoms with van der Waals surface area (Å²) in [5, 5.41) is 10.9. The summed E-state index contributed by atoms with van der Waals surface area (Å²) in [7, 11) is 0. The predicted molar refractivity (Wildman–Crippen MR) is 76.4 cm³/mol. The zero-order valence-corrected chi connectivity index (χ0v) is 12.1. The van der Waals surface area contributed by atoms with Crippen molar-refractivity contribution in [3.05, 3.63) is 62.1 Å². The first-order chi connectivity index (χ1) is 8.56. The summed E-state index contributed by atoms with van der Waals surface area (Å²) in [6, 6.07) is 12.5. The van der Waals surface area contributed by atoms with Crippen molar-refractivity contribution in [2.45, 2.75) is 9.79 Å². The van der Waals surface area contributed by atoms with Crippen LogP contribution >= 0.6 is 39.3 Å². The standard InChI is InChI=1S/C12H7BrClNO2S/c13-8-1-3-9(4-2-8)18-10-5-6-11(14)12(7-10)15(16)17/h1-7H. The molecule has 0 saturated heterocycles. The number of nitro benzene ring substituents is 1. The Morgan fingerprint density at radius 1 is 1.11 bits per heavy atom. The molecule has 2 aromatic carbocycles. The van der Waals surface area contributed by atoms with Crippen LogP contribution in [0.1, 0.15) is 0 Å². The molecule has 0 saturated carbocycles. The summed E-state index contributed by atoms with van der Waals surface area (Å²) in [5.41, 5.74) is -0.0706. The Morgan fingerprint density at radius 2 is 1.72 bits per heavy atom. The van der Waals surface area contributed by atoms with E-state index in [-0.39, 0.29) is 10.7 Å². The van der Waals surface area contributed by atoms with Crippen LogP contribution in [-0.2, 0) is 0 Å². The third-order valence-corrected chi connectivity index (χ3v) is 4.01. The van der Waals surface area contributed by atoms with Gasteiger partial charge in [-0.3, -0.25) is 10.1 Å². The molecule has 18 heavy (non-hydrogen) atoms. The van der Waals surface area contributed by atoms with Crippen molar-refractivity contribution in [1.82, 2.24) is 0 Å². The second kappa shape index (κ2) is 5.73. The van der Waals surface area contributed by atoms with Crippen LogP contribution in [0.5, 0.6) is 0 Å². The van der Waals surface area contributed by atoms with Crippen LogP contribution in [0.4, 0.5) is 5.69 Å². The van der Waals surface area contributed by atoms with Crippen LogP contribution in [0.3, 0.4) is 0 Å². The van der Waals surface area contributed by atoms with Crippen molar-refractivity contribution in [2.24, 2.45) is 0 Å². The summed E-state index contributed by atoms with van der Waals surface area (Å²) in [4.78, 5) is 12.1. The fraction of sp³-hybridized carbons (Fsp3) is 0. The van der Waals surface area contributed by atoms with Crippen molar-refractivity contribution in [2.75, 3.05) is 0 Å². The molecule has 0 atom stereocenters. The Balaban J connectivity index is 2.27. The molecule has 0 spiro atoms. The first-order valence-corrected chi connectivity index (χ1v) is 6.92. The molecule has 0 aliphatic carbocycles. The van der Waals surface area contributed by atoms with Gasteiger partial charge in [-0.1, -0.05) is 39.3 Å². The molecule has 0 aromatic heterocycles. The summed E-state index contributed by atoms with van der Waals surface area (Å²) in [5.74, 6) is 0. The van der Waals surface area contributed by atoms with Crippen LogP contribution in [0, 0.1) is 10.1 Å². The van der Waals surface area contributed by atoms with Crippen molar-refractivity contribution in [3.63, 3.8) is 0 Å². The predicted octanol–water partition coefficient (Wildman–Crippen LogP) is 5.16. The molecule has 0 aliphatic rings. The maximum atomic E-state index is 10.8. The average Bonchev–Trinajstić information content (AvgIpc) is 2.34. The first kappa shape index (κ1) is 13.4. The highest BCUT2D eigenvalue weighted by molar-refractivity contribution is 9.10. The van der Waals surface area contributed by atoms with Crippen molar-refractivity contribution >= 4 is 45.0 Å². The van der Waals surface area contributed by atoms with Gasteiger partial charge in [-0.25, -0.2) is 0 Å². The molecule has 92 valence electrons. The molecule has 0 bridgehead atoms. The Labute approximate surface area is 121 Å². The monoisotopic (exact) mass is 343 g/mol. The maximum absolute atomic E-state index is 10.8. The normalized spacial score (nSPS) is 10.3. The molecule has 0 heterocycles. The van der Waals surface area contributed by atoms with E-state index >= 15 is 0 Å². The van der Waals surface area contributed by atoms with E-state index < -0.39 is 4.92 Å². The highest BCUT2D eigenvalue weighted by atomic mass is 79.9. The highest BCUT2D eigenvalue weighted by Gasteiger charge is 2.13. The van der Waals surface area contributed by atoms with Gasteiger partial charge < -0.3 is 0 Å². The van der Waals surface area contributed by atoms with Crippen LogP contribution in [0.25, 0.3) is 0 Å². The molecule has 2 rings (SSSR count). The minimum Gasteiger partial charge on any atom is -0.258 e. The number of hydrogen-bond acceptors (Lipinski definition) is 3. The molecule has 0 radical (unpaired) electrons. The molecule has 0 fully saturated rings.